The van der Waals surface area contributed by atoms with Crippen molar-refractivity contribution in [2.24, 2.45) is 11.3 Å². The second kappa shape index (κ2) is 4.39. The standard InChI is InChI=1S/C11H16N2OS/c1-9-4-2-3-5-11(9,8-14)6-10-7-12-13-15-10/h7-9H,2-6H2,1H3. The molecule has 0 spiro atoms. The Morgan fingerprint density at radius 1 is 1.67 bits per heavy atom. The fourth-order valence-electron chi connectivity index (χ4n) is 2.51. The summed E-state index contributed by atoms with van der Waals surface area (Å²) in [5.74, 6) is 0.492. The molecule has 0 bridgehead atoms. The Labute approximate surface area is 94.1 Å². The highest BCUT2D eigenvalue weighted by Gasteiger charge is 2.38. The van der Waals surface area contributed by atoms with Crippen LogP contribution < -0.4 is 0 Å². The first kappa shape index (κ1) is 10.7. The number of aromatic nitrogens is 2. The molecule has 1 saturated carbocycles. The molecule has 1 fully saturated rings. The Kier molecular flexibility index (Phi) is 3.14. The summed E-state index contributed by atoms with van der Waals surface area (Å²) < 4.78 is 3.85. The van der Waals surface area contributed by atoms with Gasteiger partial charge in [0.2, 0.25) is 0 Å². The molecule has 0 aliphatic heterocycles. The van der Waals surface area contributed by atoms with Crippen LogP contribution in [-0.4, -0.2) is 15.9 Å². The second-order valence-corrected chi connectivity index (χ2v) is 5.43. The van der Waals surface area contributed by atoms with Crippen molar-refractivity contribution in [2.75, 3.05) is 0 Å². The molecule has 15 heavy (non-hydrogen) atoms. The minimum atomic E-state index is -0.146. The summed E-state index contributed by atoms with van der Waals surface area (Å²) in [6.45, 7) is 2.20. The molecule has 82 valence electrons. The van der Waals surface area contributed by atoms with Crippen LogP contribution in [0.5, 0.6) is 0 Å². The summed E-state index contributed by atoms with van der Waals surface area (Å²) in [6.07, 6.45) is 8.43. The molecule has 0 N–H and O–H groups in total. The Balaban J connectivity index is 2.16. The van der Waals surface area contributed by atoms with E-state index in [0.29, 0.717) is 5.92 Å². The molecule has 1 heterocycles. The maximum atomic E-state index is 11.4. The predicted octanol–water partition coefficient (Wildman–Crippen LogP) is 2.48. The highest BCUT2D eigenvalue weighted by molar-refractivity contribution is 7.05. The third-order valence-corrected chi connectivity index (χ3v) is 4.32. The smallest absolute Gasteiger partial charge is 0.126 e. The van der Waals surface area contributed by atoms with Gasteiger partial charge in [-0.3, -0.25) is 0 Å². The van der Waals surface area contributed by atoms with Crippen molar-refractivity contribution in [3.63, 3.8) is 0 Å². The van der Waals surface area contributed by atoms with E-state index in [9.17, 15) is 4.79 Å². The van der Waals surface area contributed by atoms with Gasteiger partial charge in [-0.1, -0.05) is 24.3 Å². The van der Waals surface area contributed by atoms with E-state index in [1.807, 2.05) is 0 Å². The minimum Gasteiger partial charge on any atom is -0.303 e. The van der Waals surface area contributed by atoms with Crippen LogP contribution in [0.25, 0.3) is 0 Å². The lowest BCUT2D eigenvalue weighted by atomic mass is 9.66. The van der Waals surface area contributed by atoms with Gasteiger partial charge < -0.3 is 4.79 Å². The van der Waals surface area contributed by atoms with Crippen molar-refractivity contribution in [1.29, 1.82) is 0 Å². The fraction of sp³-hybridized carbons (Fsp3) is 0.727. The molecule has 0 saturated heterocycles. The van der Waals surface area contributed by atoms with Gasteiger partial charge in [-0.25, -0.2) is 0 Å². The van der Waals surface area contributed by atoms with E-state index in [4.69, 9.17) is 0 Å². The number of nitrogens with zero attached hydrogens (tertiary/aromatic N) is 2. The lowest BCUT2D eigenvalue weighted by Crippen LogP contribution is -2.35. The largest absolute Gasteiger partial charge is 0.303 e. The first-order valence-corrected chi connectivity index (χ1v) is 6.27. The molecule has 1 aliphatic rings. The van der Waals surface area contributed by atoms with Gasteiger partial charge in [0.05, 0.1) is 6.20 Å². The van der Waals surface area contributed by atoms with E-state index in [1.165, 1.54) is 37.1 Å². The molecule has 2 rings (SSSR count). The predicted molar refractivity (Wildman–Crippen MR) is 59.7 cm³/mol. The molecule has 1 aliphatic carbocycles. The zero-order chi connectivity index (χ0) is 10.7. The summed E-state index contributed by atoms with van der Waals surface area (Å²) in [5.41, 5.74) is -0.146. The van der Waals surface area contributed by atoms with E-state index in [1.54, 1.807) is 6.20 Å². The lowest BCUT2D eigenvalue weighted by molar-refractivity contribution is -0.120. The van der Waals surface area contributed by atoms with Crippen molar-refractivity contribution in [2.45, 2.75) is 39.0 Å². The summed E-state index contributed by atoms with van der Waals surface area (Å²) in [4.78, 5) is 12.5. The summed E-state index contributed by atoms with van der Waals surface area (Å²) >= 11 is 1.41. The number of hydrogen-bond donors (Lipinski definition) is 0. The van der Waals surface area contributed by atoms with Crippen LogP contribution in [0.15, 0.2) is 6.20 Å². The van der Waals surface area contributed by atoms with Crippen LogP contribution in [0.1, 0.15) is 37.5 Å². The molecule has 2 atom stereocenters. The van der Waals surface area contributed by atoms with Crippen LogP contribution >= 0.6 is 11.5 Å². The highest BCUT2D eigenvalue weighted by atomic mass is 32.1. The Morgan fingerprint density at radius 3 is 3.13 bits per heavy atom. The third-order valence-electron chi connectivity index (χ3n) is 3.66. The lowest BCUT2D eigenvalue weighted by Gasteiger charge is -2.37. The second-order valence-electron chi connectivity index (χ2n) is 4.56. The zero-order valence-electron chi connectivity index (χ0n) is 8.98. The van der Waals surface area contributed by atoms with Gasteiger partial charge in [0, 0.05) is 10.3 Å². The van der Waals surface area contributed by atoms with Crippen LogP contribution in [-0.2, 0) is 11.2 Å². The zero-order valence-corrected chi connectivity index (χ0v) is 9.80. The first-order chi connectivity index (χ1) is 7.27. The van der Waals surface area contributed by atoms with Gasteiger partial charge in [0.15, 0.2) is 0 Å². The molecular formula is C11H16N2OS. The number of carbonyl (C=O) groups excluding carboxylic acids is 1. The quantitative estimate of drug-likeness (QED) is 0.741. The number of carbonyl (C=O) groups is 1. The van der Waals surface area contributed by atoms with E-state index >= 15 is 0 Å². The van der Waals surface area contributed by atoms with Gasteiger partial charge in [0.1, 0.15) is 6.29 Å². The number of aldehydes is 1. The van der Waals surface area contributed by atoms with Crippen molar-refractivity contribution in [3.05, 3.63) is 11.1 Å². The SMILES string of the molecule is CC1CCCCC1(C=O)Cc1cnns1. The van der Waals surface area contributed by atoms with Gasteiger partial charge in [0.25, 0.3) is 0 Å². The van der Waals surface area contributed by atoms with Crippen molar-refractivity contribution in [1.82, 2.24) is 9.59 Å². The monoisotopic (exact) mass is 224 g/mol. The molecule has 0 radical (unpaired) electrons. The molecule has 3 nitrogen and oxygen atoms in total. The Bertz CT molecular complexity index is 325. The van der Waals surface area contributed by atoms with Gasteiger partial charge in [-0.2, -0.15) is 0 Å². The maximum absolute atomic E-state index is 11.4. The molecule has 4 heteroatoms. The number of hydrogen-bond acceptors (Lipinski definition) is 4. The van der Waals surface area contributed by atoms with Crippen LogP contribution in [0, 0.1) is 11.3 Å². The van der Waals surface area contributed by atoms with Crippen LogP contribution in [0.4, 0.5) is 0 Å². The molecule has 2 unspecified atom stereocenters. The van der Waals surface area contributed by atoms with E-state index in [2.05, 4.69) is 16.5 Å². The Morgan fingerprint density at radius 2 is 2.53 bits per heavy atom. The number of rotatable bonds is 3. The summed E-state index contributed by atoms with van der Waals surface area (Å²) in [5, 5.41) is 3.83. The average molecular weight is 224 g/mol. The third kappa shape index (κ3) is 2.09. The molecule has 1 aromatic rings. The maximum Gasteiger partial charge on any atom is 0.126 e. The van der Waals surface area contributed by atoms with Crippen molar-refractivity contribution in [3.8, 4) is 0 Å². The normalized spacial score (nSPS) is 31.4. The van der Waals surface area contributed by atoms with Gasteiger partial charge in [-0.05, 0) is 36.7 Å². The van der Waals surface area contributed by atoms with E-state index in [-0.39, 0.29) is 5.41 Å². The van der Waals surface area contributed by atoms with E-state index < -0.39 is 0 Å². The molecule has 0 aromatic carbocycles. The van der Waals surface area contributed by atoms with Crippen LogP contribution in [0.3, 0.4) is 0 Å². The fourth-order valence-corrected chi connectivity index (χ4v) is 3.13. The van der Waals surface area contributed by atoms with Crippen LogP contribution in [0.2, 0.25) is 0 Å². The van der Waals surface area contributed by atoms with E-state index in [0.717, 1.165) is 17.7 Å². The van der Waals surface area contributed by atoms with Gasteiger partial charge in [-0.15, -0.1) is 5.10 Å². The molecular weight excluding hydrogens is 208 g/mol. The molecule has 1 aromatic heterocycles. The van der Waals surface area contributed by atoms with Crippen molar-refractivity contribution >= 4 is 17.8 Å². The highest BCUT2D eigenvalue weighted by Crippen LogP contribution is 2.42. The Hall–Kier alpha value is -0.770. The summed E-state index contributed by atoms with van der Waals surface area (Å²) in [7, 11) is 0. The minimum absolute atomic E-state index is 0.146. The topological polar surface area (TPSA) is 42.9 Å². The molecule has 0 amide bonds. The average Bonchev–Trinajstić information content (AvgIpc) is 2.74. The van der Waals surface area contributed by atoms with Crippen molar-refractivity contribution < 1.29 is 4.79 Å². The summed E-state index contributed by atoms with van der Waals surface area (Å²) in [6, 6.07) is 0. The first-order valence-electron chi connectivity index (χ1n) is 5.49. The van der Waals surface area contributed by atoms with Gasteiger partial charge >= 0.3 is 0 Å².